The molecule has 134 valence electrons. The maximum atomic E-state index is 11.6. The molecule has 0 amide bonds. The molecule has 2 rings (SSSR count). The number of nitrogens with one attached hydrogen (secondary N) is 4. The molecule has 0 aromatic carbocycles. The van der Waals surface area contributed by atoms with Crippen molar-refractivity contribution in [2.75, 3.05) is 55.1 Å². The predicted octanol–water partition coefficient (Wildman–Crippen LogP) is 0.0779. The van der Waals surface area contributed by atoms with Gasteiger partial charge in [-0.25, -0.2) is 23.1 Å². The van der Waals surface area contributed by atoms with Crippen LogP contribution in [0.5, 0.6) is 0 Å². The molecule has 24 heavy (non-hydrogen) atoms. The number of nitrogen functional groups attached to an aromatic ring is 1. The molecule has 0 unspecified atom stereocenters. The minimum absolute atomic E-state index is 0.0408. The lowest BCUT2D eigenvalue weighted by Gasteiger charge is -2.14. The van der Waals surface area contributed by atoms with Gasteiger partial charge in [0.25, 0.3) is 0 Å². The van der Waals surface area contributed by atoms with Gasteiger partial charge in [-0.05, 0) is 6.92 Å². The van der Waals surface area contributed by atoms with E-state index in [1.54, 1.807) is 28.1 Å². The summed E-state index contributed by atoms with van der Waals surface area (Å²) >= 11 is 0. The summed E-state index contributed by atoms with van der Waals surface area (Å²) < 4.78 is 27.7. The highest BCUT2D eigenvalue weighted by molar-refractivity contribution is 7.89. The number of aromatic nitrogens is 3. The van der Waals surface area contributed by atoms with E-state index in [0.29, 0.717) is 29.6 Å². The second-order valence-corrected chi connectivity index (χ2v) is 7.15. The van der Waals surface area contributed by atoms with Gasteiger partial charge in [-0.2, -0.15) is 0 Å². The van der Waals surface area contributed by atoms with E-state index in [1.165, 1.54) is 0 Å². The van der Waals surface area contributed by atoms with E-state index in [1.807, 2.05) is 4.57 Å². The van der Waals surface area contributed by atoms with Gasteiger partial charge in [0.1, 0.15) is 16.7 Å². The lowest BCUT2D eigenvalue weighted by atomic mass is 10.3. The summed E-state index contributed by atoms with van der Waals surface area (Å²) in [5, 5.41) is 9.11. The second-order valence-electron chi connectivity index (χ2n) is 5.05. The zero-order valence-corrected chi connectivity index (χ0v) is 15.1. The molecule has 0 radical (unpaired) electrons. The van der Waals surface area contributed by atoms with E-state index in [4.69, 9.17) is 5.73 Å². The van der Waals surface area contributed by atoms with Crippen LogP contribution in [0, 0.1) is 0 Å². The molecule has 2 heterocycles. The lowest BCUT2D eigenvalue weighted by molar-refractivity contribution is 0.576. The Hall–Kier alpha value is -2.27. The molecule has 0 atom stereocenters. The highest BCUT2D eigenvalue weighted by Gasteiger charge is 2.20. The van der Waals surface area contributed by atoms with Gasteiger partial charge in [0.05, 0.1) is 5.75 Å². The van der Waals surface area contributed by atoms with Crippen LogP contribution >= 0.6 is 0 Å². The van der Waals surface area contributed by atoms with Crippen LogP contribution in [0.4, 0.5) is 23.3 Å². The number of nitrogens with two attached hydrogens (primary N) is 1. The zero-order chi connectivity index (χ0) is 17.9. The van der Waals surface area contributed by atoms with Gasteiger partial charge in [0.2, 0.25) is 16.0 Å². The fourth-order valence-electron chi connectivity index (χ4n) is 2.47. The van der Waals surface area contributed by atoms with Crippen LogP contribution in [-0.2, 0) is 16.6 Å². The number of sulfonamides is 1. The van der Waals surface area contributed by atoms with Gasteiger partial charge < -0.3 is 26.3 Å². The molecule has 10 nitrogen and oxygen atoms in total. The first-order valence-electron chi connectivity index (χ1n) is 7.58. The number of imidazole rings is 1. The number of anilines is 4. The number of hydrogen-bond acceptors (Lipinski definition) is 8. The summed E-state index contributed by atoms with van der Waals surface area (Å²) in [6.45, 7) is 2.24. The van der Waals surface area contributed by atoms with E-state index < -0.39 is 10.0 Å². The van der Waals surface area contributed by atoms with E-state index in [9.17, 15) is 8.42 Å². The molecule has 0 fully saturated rings. The molecule has 0 aliphatic rings. The Balaban J connectivity index is 2.52. The van der Waals surface area contributed by atoms with Gasteiger partial charge in [-0.1, -0.05) is 0 Å². The SMILES string of the molecule is CCS(=O)(=O)NCCn1c(NC)nc2c(N)nc(NC)c(NC)c21. The molecule has 0 spiro atoms. The third-order valence-corrected chi connectivity index (χ3v) is 5.07. The van der Waals surface area contributed by atoms with Crippen molar-refractivity contribution in [3.8, 4) is 0 Å². The minimum atomic E-state index is -3.25. The smallest absolute Gasteiger partial charge is 0.211 e. The Labute approximate surface area is 141 Å². The van der Waals surface area contributed by atoms with Gasteiger partial charge in [0, 0.05) is 34.2 Å². The number of pyridine rings is 1. The van der Waals surface area contributed by atoms with Gasteiger partial charge >= 0.3 is 0 Å². The molecule has 0 bridgehead atoms. The molecule has 6 N–H and O–H groups in total. The standard InChI is InChI=1S/C13H24N8O2S/c1-5-24(22,23)18-6-7-21-10-8(19-13(21)17-4)11(14)20-12(16-3)9(10)15-2/h15,18H,5-7H2,1-4H3,(H,17,19)(H3,14,16,20). The van der Waals surface area contributed by atoms with Crippen molar-refractivity contribution in [1.82, 2.24) is 19.3 Å². The normalized spacial score (nSPS) is 11.7. The average molecular weight is 356 g/mol. The maximum absolute atomic E-state index is 11.6. The fraction of sp³-hybridized carbons (Fsp3) is 0.538. The summed E-state index contributed by atoms with van der Waals surface area (Å²) in [5.74, 6) is 1.52. The first kappa shape index (κ1) is 18.1. The minimum Gasteiger partial charge on any atom is -0.383 e. The average Bonchev–Trinajstić information content (AvgIpc) is 2.94. The Bertz CT molecular complexity index is 830. The lowest BCUT2D eigenvalue weighted by Crippen LogP contribution is -2.29. The van der Waals surface area contributed by atoms with Crippen LogP contribution < -0.4 is 26.4 Å². The van der Waals surface area contributed by atoms with Crippen molar-refractivity contribution >= 4 is 44.3 Å². The van der Waals surface area contributed by atoms with E-state index >= 15 is 0 Å². The number of hydrogen-bond donors (Lipinski definition) is 5. The molecule has 0 saturated heterocycles. The van der Waals surface area contributed by atoms with Crippen LogP contribution in [0.1, 0.15) is 6.92 Å². The topological polar surface area (TPSA) is 139 Å². The van der Waals surface area contributed by atoms with Gasteiger partial charge in [-0.15, -0.1) is 0 Å². The number of fused-ring (bicyclic) bond motifs is 1. The second kappa shape index (κ2) is 7.09. The third kappa shape index (κ3) is 3.31. The Morgan fingerprint density at radius 1 is 1.12 bits per heavy atom. The quantitative estimate of drug-likeness (QED) is 0.448. The van der Waals surface area contributed by atoms with Crippen LogP contribution in [0.3, 0.4) is 0 Å². The summed E-state index contributed by atoms with van der Waals surface area (Å²) in [4.78, 5) is 8.77. The van der Waals surface area contributed by atoms with Crippen LogP contribution in [0.2, 0.25) is 0 Å². The molecule has 0 aliphatic carbocycles. The zero-order valence-electron chi connectivity index (χ0n) is 14.3. The molecular formula is C13H24N8O2S. The van der Waals surface area contributed by atoms with Gasteiger partial charge in [-0.3, -0.25) is 0 Å². The third-order valence-electron chi connectivity index (χ3n) is 3.66. The van der Waals surface area contributed by atoms with Crippen molar-refractivity contribution < 1.29 is 8.42 Å². The van der Waals surface area contributed by atoms with Crippen molar-refractivity contribution in [2.45, 2.75) is 13.5 Å². The molecule has 0 saturated carbocycles. The van der Waals surface area contributed by atoms with Crippen molar-refractivity contribution in [3.05, 3.63) is 0 Å². The number of nitrogens with zero attached hydrogens (tertiary/aromatic N) is 3. The summed E-state index contributed by atoms with van der Waals surface area (Å²) in [6.07, 6.45) is 0. The fourth-order valence-corrected chi connectivity index (χ4v) is 3.07. The first-order chi connectivity index (χ1) is 11.4. The van der Waals surface area contributed by atoms with Crippen LogP contribution in [0.15, 0.2) is 0 Å². The predicted molar refractivity (Wildman–Crippen MR) is 98.0 cm³/mol. The maximum Gasteiger partial charge on any atom is 0.211 e. The van der Waals surface area contributed by atoms with Gasteiger partial charge in [0.15, 0.2) is 11.6 Å². The van der Waals surface area contributed by atoms with Crippen molar-refractivity contribution in [3.63, 3.8) is 0 Å². The van der Waals surface area contributed by atoms with E-state index in [2.05, 4.69) is 30.6 Å². The van der Waals surface area contributed by atoms with Crippen LogP contribution in [-0.4, -0.2) is 56.4 Å². The Morgan fingerprint density at radius 3 is 2.38 bits per heavy atom. The van der Waals surface area contributed by atoms with E-state index in [0.717, 1.165) is 11.2 Å². The molecule has 11 heteroatoms. The van der Waals surface area contributed by atoms with Crippen LogP contribution in [0.25, 0.3) is 11.0 Å². The summed E-state index contributed by atoms with van der Waals surface area (Å²) in [7, 11) is 2.03. The highest BCUT2D eigenvalue weighted by Crippen LogP contribution is 2.34. The number of rotatable bonds is 8. The van der Waals surface area contributed by atoms with Crippen molar-refractivity contribution in [1.29, 1.82) is 0 Å². The molecule has 2 aromatic heterocycles. The Morgan fingerprint density at radius 2 is 1.83 bits per heavy atom. The largest absolute Gasteiger partial charge is 0.383 e. The van der Waals surface area contributed by atoms with Crippen molar-refractivity contribution in [2.24, 2.45) is 0 Å². The first-order valence-corrected chi connectivity index (χ1v) is 9.24. The molecule has 0 aliphatic heterocycles. The molecule has 2 aromatic rings. The summed E-state index contributed by atoms with van der Waals surface area (Å²) in [5.41, 5.74) is 8.08. The van der Waals surface area contributed by atoms with E-state index in [-0.39, 0.29) is 12.3 Å². The monoisotopic (exact) mass is 356 g/mol. The summed E-state index contributed by atoms with van der Waals surface area (Å²) in [6, 6.07) is 0. The molecular weight excluding hydrogens is 332 g/mol. The Kier molecular flexibility index (Phi) is 5.34. The highest BCUT2D eigenvalue weighted by atomic mass is 32.2.